The van der Waals surface area contributed by atoms with Gasteiger partial charge < -0.3 is 9.72 Å². The smallest absolute Gasteiger partial charge is 0.323 e. The minimum absolute atomic E-state index is 0.239. The summed E-state index contributed by atoms with van der Waals surface area (Å²) in [6, 6.07) is 16.0. The molecule has 0 unspecified atom stereocenters. The third kappa shape index (κ3) is 5.55. The monoisotopic (exact) mass is 459 g/mol. The van der Waals surface area contributed by atoms with Crippen LogP contribution in [-0.2, 0) is 22.5 Å². The van der Waals surface area contributed by atoms with Gasteiger partial charge in [0.1, 0.15) is 6.04 Å². The summed E-state index contributed by atoms with van der Waals surface area (Å²) in [4.78, 5) is 22.1. The van der Waals surface area contributed by atoms with Crippen molar-refractivity contribution < 1.29 is 9.53 Å². The zero-order valence-electron chi connectivity index (χ0n) is 19.4. The lowest BCUT2D eigenvalue weighted by molar-refractivity contribution is -0.147. The Balaban J connectivity index is 1.56. The fourth-order valence-corrected chi connectivity index (χ4v) is 4.04. The van der Waals surface area contributed by atoms with Gasteiger partial charge in [0, 0.05) is 30.4 Å². The summed E-state index contributed by atoms with van der Waals surface area (Å²) in [7, 11) is 1.44. The predicted octanol–water partition coefficient (Wildman–Crippen LogP) is 3.64. The third-order valence-corrected chi connectivity index (χ3v) is 5.84. The van der Waals surface area contributed by atoms with Crippen molar-refractivity contribution in [2.24, 2.45) is 0 Å². The highest BCUT2D eigenvalue weighted by Crippen LogP contribution is 2.30. The number of hydrogen-bond donors (Lipinski definition) is 2. The largest absolute Gasteiger partial charge is 0.468 e. The number of rotatable bonds is 11. The van der Waals surface area contributed by atoms with Crippen molar-refractivity contribution in [3.05, 3.63) is 72.3 Å². The maximum atomic E-state index is 12.7. The summed E-state index contributed by atoms with van der Waals surface area (Å²) in [6.07, 6.45) is 5.94. The number of ether oxygens (including phenoxy) is 1. The summed E-state index contributed by atoms with van der Waals surface area (Å²) in [6.45, 7) is 3.59. The molecule has 4 aromatic rings. The van der Waals surface area contributed by atoms with Crippen LogP contribution in [0.3, 0.4) is 0 Å². The second kappa shape index (κ2) is 11.3. The molecule has 0 radical (unpaired) electrons. The average molecular weight is 460 g/mol. The number of hydrogen-bond acceptors (Lipinski definition) is 7. The lowest BCUT2D eigenvalue weighted by atomic mass is 9.98. The fraction of sp³-hybridized carbons (Fsp3) is 0.320. The highest BCUT2D eigenvalue weighted by molar-refractivity contribution is 5.80. The molecule has 9 heteroatoms. The Morgan fingerprint density at radius 3 is 2.56 bits per heavy atom. The Hall–Kier alpha value is -3.85. The van der Waals surface area contributed by atoms with Crippen LogP contribution in [0, 0.1) is 0 Å². The highest BCUT2D eigenvalue weighted by Gasteiger charge is 2.27. The first kappa shape index (κ1) is 23.3. The molecule has 0 bridgehead atoms. The first-order chi connectivity index (χ1) is 16.7. The van der Waals surface area contributed by atoms with Crippen LogP contribution in [0.2, 0.25) is 0 Å². The number of unbranched alkanes of at least 4 members (excludes halogenated alkanes) is 1. The molecule has 1 atom stereocenters. The van der Waals surface area contributed by atoms with Crippen molar-refractivity contribution in [3.63, 3.8) is 0 Å². The zero-order chi connectivity index (χ0) is 23.8. The molecule has 4 rings (SSSR count). The topological polar surface area (TPSA) is 113 Å². The number of H-pyrrole nitrogens is 2. The van der Waals surface area contributed by atoms with Crippen LogP contribution >= 0.6 is 0 Å². The molecule has 9 nitrogen and oxygen atoms in total. The molecule has 0 aliphatic heterocycles. The van der Waals surface area contributed by atoms with Gasteiger partial charge in [0.05, 0.1) is 13.4 Å². The molecule has 176 valence electrons. The third-order valence-electron chi connectivity index (χ3n) is 5.84. The normalized spacial score (nSPS) is 12.1. The predicted molar refractivity (Wildman–Crippen MR) is 128 cm³/mol. The summed E-state index contributed by atoms with van der Waals surface area (Å²) >= 11 is 0. The Morgan fingerprint density at radius 1 is 1.12 bits per heavy atom. The van der Waals surface area contributed by atoms with Crippen LogP contribution in [0.5, 0.6) is 0 Å². The molecule has 0 saturated carbocycles. The van der Waals surface area contributed by atoms with E-state index in [0.717, 1.165) is 47.3 Å². The molecule has 2 aromatic carbocycles. The number of carbonyl (C=O) groups excluding carboxylic acids is 1. The first-order valence-electron chi connectivity index (χ1n) is 11.4. The van der Waals surface area contributed by atoms with E-state index in [2.05, 4.69) is 66.7 Å². The molecule has 2 heterocycles. The van der Waals surface area contributed by atoms with Crippen molar-refractivity contribution in [1.29, 1.82) is 0 Å². The molecular weight excluding hydrogens is 430 g/mol. The Morgan fingerprint density at radius 2 is 1.91 bits per heavy atom. The van der Waals surface area contributed by atoms with Gasteiger partial charge in [-0.1, -0.05) is 61.9 Å². The summed E-state index contributed by atoms with van der Waals surface area (Å²) in [5.41, 5.74) is 5.04. The van der Waals surface area contributed by atoms with E-state index in [9.17, 15) is 4.79 Å². The molecule has 0 fully saturated rings. The maximum absolute atomic E-state index is 12.7. The van der Waals surface area contributed by atoms with Crippen molar-refractivity contribution in [1.82, 2.24) is 35.5 Å². The SMILES string of the molecule is CCCCN(Cc1ccc(-c2ccccc2-c2nn[nH]n2)cc1)[C@@H](Cc1cnc[nH]1)C(=O)OC. The van der Waals surface area contributed by atoms with E-state index in [-0.39, 0.29) is 5.97 Å². The van der Waals surface area contributed by atoms with E-state index in [0.29, 0.717) is 18.8 Å². The van der Waals surface area contributed by atoms with Crippen LogP contribution in [0.25, 0.3) is 22.5 Å². The van der Waals surface area contributed by atoms with Crippen LogP contribution in [0.1, 0.15) is 31.0 Å². The van der Waals surface area contributed by atoms with Gasteiger partial charge in [0.2, 0.25) is 5.82 Å². The molecular formula is C25H29N7O2. The molecule has 2 aromatic heterocycles. The molecule has 2 N–H and O–H groups in total. The first-order valence-corrected chi connectivity index (χ1v) is 11.4. The van der Waals surface area contributed by atoms with Crippen LogP contribution in [0.15, 0.2) is 61.1 Å². The number of benzene rings is 2. The van der Waals surface area contributed by atoms with Gasteiger partial charge >= 0.3 is 5.97 Å². The van der Waals surface area contributed by atoms with Crippen molar-refractivity contribution >= 4 is 5.97 Å². The van der Waals surface area contributed by atoms with Gasteiger partial charge in [-0.25, -0.2) is 4.98 Å². The van der Waals surface area contributed by atoms with Crippen molar-refractivity contribution in [3.8, 4) is 22.5 Å². The number of imidazole rings is 1. The molecule has 0 saturated heterocycles. The molecule has 0 amide bonds. The van der Waals surface area contributed by atoms with E-state index >= 15 is 0 Å². The summed E-state index contributed by atoms with van der Waals surface area (Å²) in [5.74, 6) is 0.321. The Kier molecular flexibility index (Phi) is 7.77. The summed E-state index contributed by atoms with van der Waals surface area (Å²) < 4.78 is 5.15. The number of nitrogens with one attached hydrogen (secondary N) is 2. The van der Waals surface area contributed by atoms with Gasteiger partial charge in [-0.15, -0.1) is 10.2 Å². The van der Waals surface area contributed by atoms with E-state index in [1.165, 1.54) is 7.11 Å². The molecule has 0 spiro atoms. The number of aromatic amines is 2. The van der Waals surface area contributed by atoms with Gasteiger partial charge in [-0.3, -0.25) is 9.69 Å². The number of nitrogens with zero attached hydrogens (tertiary/aromatic N) is 5. The minimum atomic E-state index is -0.393. The number of aromatic nitrogens is 6. The lowest BCUT2D eigenvalue weighted by Crippen LogP contribution is -2.43. The second-order valence-corrected chi connectivity index (χ2v) is 8.12. The minimum Gasteiger partial charge on any atom is -0.468 e. The summed E-state index contributed by atoms with van der Waals surface area (Å²) in [5, 5.41) is 14.5. The van der Waals surface area contributed by atoms with Gasteiger partial charge in [0.25, 0.3) is 0 Å². The maximum Gasteiger partial charge on any atom is 0.323 e. The van der Waals surface area contributed by atoms with E-state index in [1.807, 2.05) is 24.3 Å². The van der Waals surface area contributed by atoms with Gasteiger partial charge in [-0.2, -0.15) is 5.21 Å². The Bertz CT molecular complexity index is 1160. The number of tetrazole rings is 1. The Labute approximate surface area is 198 Å². The molecule has 34 heavy (non-hydrogen) atoms. The lowest BCUT2D eigenvalue weighted by Gasteiger charge is -2.29. The number of carbonyl (C=O) groups is 1. The van der Waals surface area contributed by atoms with Gasteiger partial charge in [-0.05, 0) is 34.9 Å². The van der Waals surface area contributed by atoms with E-state index in [1.54, 1.807) is 12.5 Å². The number of esters is 1. The van der Waals surface area contributed by atoms with Crippen LogP contribution < -0.4 is 0 Å². The quantitative estimate of drug-likeness (QED) is 0.329. The second-order valence-electron chi connectivity index (χ2n) is 8.12. The molecule has 0 aliphatic rings. The fourth-order valence-electron chi connectivity index (χ4n) is 4.04. The highest BCUT2D eigenvalue weighted by atomic mass is 16.5. The van der Waals surface area contributed by atoms with Crippen LogP contribution in [0.4, 0.5) is 0 Å². The van der Waals surface area contributed by atoms with Crippen molar-refractivity contribution in [2.45, 2.75) is 38.8 Å². The average Bonchev–Trinajstić information content (AvgIpc) is 3.60. The zero-order valence-corrected chi connectivity index (χ0v) is 19.4. The van der Waals surface area contributed by atoms with Crippen LogP contribution in [-0.4, -0.2) is 61.2 Å². The van der Waals surface area contributed by atoms with Gasteiger partial charge in [0.15, 0.2) is 0 Å². The van der Waals surface area contributed by atoms with Crippen molar-refractivity contribution in [2.75, 3.05) is 13.7 Å². The number of methoxy groups -OCH3 is 1. The standard InChI is InChI=1S/C25H29N7O2/c1-3-4-13-32(23(25(33)34-2)14-20-15-26-17-27-20)16-18-9-11-19(12-10-18)21-7-5-6-8-22(21)24-28-30-31-29-24/h5-12,15,17,23H,3-4,13-14,16H2,1-2H3,(H,26,27)(H,28,29,30,31)/t23-/m0/s1. The van der Waals surface area contributed by atoms with E-state index < -0.39 is 6.04 Å². The molecule has 0 aliphatic carbocycles. The van der Waals surface area contributed by atoms with E-state index in [4.69, 9.17) is 4.74 Å².